The Hall–Kier alpha value is -2.89. The molecular weight excluding hydrogens is 342 g/mol. The van der Waals surface area contributed by atoms with Crippen molar-refractivity contribution in [1.82, 2.24) is 9.88 Å². The second kappa shape index (κ2) is 8.66. The van der Waals surface area contributed by atoms with E-state index in [0.717, 1.165) is 25.7 Å². The number of nitrogens with one attached hydrogen (secondary N) is 2. The number of pyridine rings is 1. The number of hydrogen-bond acceptors (Lipinski definition) is 3. The molecule has 0 atom stereocenters. The van der Waals surface area contributed by atoms with Crippen molar-refractivity contribution in [3.63, 3.8) is 0 Å². The highest BCUT2D eigenvalue weighted by Gasteiger charge is 2.17. The standard InChI is InChI=1S/C21H25N3O3/c1-15-12-13-18(23-20(26)16-8-4-2-5-9-16)21(27)24(15)14-19(25)22-17-10-6-3-7-11-17/h2,4-5,8-9,12-13,17H,3,6-7,10-11,14H2,1H3,(H,22,25)(H,23,26). The molecule has 1 fully saturated rings. The molecule has 0 saturated heterocycles. The van der Waals surface area contributed by atoms with Crippen LogP contribution in [0.25, 0.3) is 0 Å². The summed E-state index contributed by atoms with van der Waals surface area (Å²) in [6.45, 7) is 1.73. The zero-order valence-corrected chi connectivity index (χ0v) is 15.5. The number of aryl methyl sites for hydroxylation is 1. The molecule has 6 nitrogen and oxygen atoms in total. The van der Waals surface area contributed by atoms with Crippen LogP contribution in [0, 0.1) is 6.92 Å². The fourth-order valence-corrected chi connectivity index (χ4v) is 3.41. The number of benzene rings is 1. The molecule has 0 radical (unpaired) electrons. The number of hydrogen-bond donors (Lipinski definition) is 2. The Kier molecular flexibility index (Phi) is 6.06. The van der Waals surface area contributed by atoms with E-state index in [1.54, 1.807) is 43.3 Å². The minimum atomic E-state index is -0.377. The van der Waals surface area contributed by atoms with Crippen molar-refractivity contribution in [3.05, 3.63) is 64.1 Å². The highest BCUT2D eigenvalue weighted by atomic mass is 16.2. The van der Waals surface area contributed by atoms with E-state index < -0.39 is 0 Å². The molecule has 1 aliphatic carbocycles. The third-order valence-electron chi connectivity index (χ3n) is 4.95. The predicted molar refractivity (Wildman–Crippen MR) is 105 cm³/mol. The average Bonchev–Trinajstić information content (AvgIpc) is 2.69. The highest BCUT2D eigenvalue weighted by molar-refractivity contribution is 6.04. The van der Waals surface area contributed by atoms with Gasteiger partial charge in [0.2, 0.25) is 5.91 Å². The van der Waals surface area contributed by atoms with Gasteiger partial charge in [-0.2, -0.15) is 0 Å². The summed E-state index contributed by atoms with van der Waals surface area (Å²) in [7, 11) is 0. The average molecular weight is 367 g/mol. The molecule has 1 saturated carbocycles. The van der Waals surface area contributed by atoms with Crippen molar-refractivity contribution in [1.29, 1.82) is 0 Å². The van der Waals surface area contributed by atoms with E-state index in [-0.39, 0.29) is 35.6 Å². The molecule has 2 aromatic rings. The van der Waals surface area contributed by atoms with Crippen molar-refractivity contribution in [2.45, 2.75) is 51.6 Å². The Balaban J connectivity index is 1.72. The van der Waals surface area contributed by atoms with Gasteiger partial charge in [-0.1, -0.05) is 37.5 Å². The van der Waals surface area contributed by atoms with Crippen LogP contribution in [0.15, 0.2) is 47.3 Å². The molecule has 1 aliphatic rings. The zero-order chi connectivity index (χ0) is 19.2. The molecule has 1 heterocycles. The van der Waals surface area contributed by atoms with Crippen LogP contribution >= 0.6 is 0 Å². The van der Waals surface area contributed by atoms with Crippen molar-refractivity contribution < 1.29 is 9.59 Å². The van der Waals surface area contributed by atoms with E-state index in [9.17, 15) is 14.4 Å². The van der Waals surface area contributed by atoms with Crippen LogP contribution in [-0.4, -0.2) is 22.4 Å². The lowest BCUT2D eigenvalue weighted by atomic mass is 9.95. The molecule has 3 rings (SSSR count). The Morgan fingerprint density at radius 3 is 2.44 bits per heavy atom. The van der Waals surface area contributed by atoms with Gasteiger partial charge in [-0.25, -0.2) is 0 Å². The lowest BCUT2D eigenvalue weighted by Crippen LogP contribution is -2.40. The maximum atomic E-state index is 12.8. The number of nitrogens with zero attached hydrogens (tertiary/aromatic N) is 1. The molecule has 6 heteroatoms. The first-order valence-electron chi connectivity index (χ1n) is 9.41. The number of rotatable bonds is 5. The first-order chi connectivity index (χ1) is 13.0. The van der Waals surface area contributed by atoms with Gasteiger partial charge in [0.1, 0.15) is 12.2 Å². The molecular formula is C21H25N3O3. The SMILES string of the molecule is Cc1ccc(NC(=O)c2ccccc2)c(=O)n1CC(=O)NC1CCCCC1. The first-order valence-corrected chi connectivity index (χ1v) is 9.41. The minimum absolute atomic E-state index is 0.0454. The smallest absolute Gasteiger partial charge is 0.274 e. The molecule has 1 aromatic carbocycles. The lowest BCUT2D eigenvalue weighted by molar-refractivity contribution is -0.122. The van der Waals surface area contributed by atoms with Crippen LogP contribution in [0.2, 0.25) is 0 Å². The fourth-order valence-electron chi connectivity index (χ4n) is 3.41. The monoisotopic (exact) mass is 367 g/mol. The molecule has 0 aliphatic heterocycles. The molecule has 0 bridgehead atoms. The van der Waals surface area contributed by atoms with Crippen LogP contribution in [0.1, 0.15) is 48.2 Å². The first kappa shape index (κ1) is 18.9. The van der Waals surface area contributed by atoms with Crippen LogP contribution in [-0.2, 0) is 11.3 Å². The number of aromatic nitrogens is 1. The van der Waals surface area contributed by atoms with E-state index in [2.05, 4.69) is 10.6 Å². The Labute approximate surface area is 158 Å². The van der Waals surface area contributed by atoms with Crippen LogP contribution in [0.4, 0.5) is 5.69 Å². The Morgan fingerprint density at radius 1 is 1.04 bits per heavy atom. The molecule has 27 heavy (non-hydrogen) atoms. The Bertz CT molecular complexity index is 868. The summed E-state index contributed by atoms with van der Waals surface area (Å²) in [5, 5.41) is 5.67. The molecule has 1 aromatic heterocycles. The van der Waals surface area contributed by atoms with E-state index in [4.69, 9.17) is 0 Å². The number of carbonyl (C=O) groups is 2. The van der Waals surface area contributed by atoms with E-state index in [1.807, 2.05) is 6.07 Å². The van der Waals surface area contributed by atoms with E-state index in [0.29, 0.717) is 11.3 Å². The largest absolute Gasteiger partial charge is 0.352 e. The van der Waals surface area contributed by atoms with Gasteiger partial charge in [-0.3, -0.25) is 14.4 Å². The van der Waals surface area contributed by atoms with Crippen molar-refractivity contribution in [2.24, 2.45) is 0 Å². The van der Waals surface area contributed by atoms with Gasteiger partial charge in [0.15, 0.2) is 0 Å². The number of carbonyl (C=O) groups excluding carboxylic acids is 2. The van der Waals surface area contributed by atoms with Gasteiger partial charge >= 0.3 is 0 Å². The van der Waals surface area contributed by atoms with Crippen LogP contribution < -0.4 is 16.2 Å². The van der Waals surface area contributed by atoms with Crippen LogP contribution in [0.5, 0.6) is 0 Å². The fraction of sp³-hybridized carbons (Fsp3) is 0.381. The molecule has 0 unspecified atom stereocenters. The van der Waals surface area contributed by atoms with Gasteiger partial charge < -0.3 is 15.2 Å². The highest BCUT2D eigenvalue weighted by Crippen LogP contribution is 2.17. The second-order valence-corrected chi connectivity index (χ2v) is 7.00. The minimum Gasteiger partial charge on any atom is -0.352 e. The summed E-state index contributed by atoms with van der Waals surface area (Å²) in [5.41, 5.74) is 0.938. The summed E-state index contributed by atoms with van der Waals surface area (Å²) in [4.78, 5) is 37.4. The summed E-state index contributed by atoms with van der Waals surface area (Å²) in [6.07, 6.45) is 5.46. The number of amides is 2. The summed E-state index contributed by atoms with van der Waals surface area (Å²) in [5.74, 6) is -0.520. The van der Waals surface area contributed by atoms with Gasteiger partial charge in [0, 0.05) is 17.3 Å². The predicted octanol–water partition coefficient (Wildman–Crippen LogP) is 2.86. The lowest BCUT2D eigenvalue weighted by Gasteiger charge is -2.23. The summed E-state index contributed by atoms with van der Waals surface area (Å²) >= 11 is 0. The van der Waals surface area contributed by atoms with E-state index >= 15 is 0 Å². The van der Waals surface area contributed by atoms with Gasteiger partial charge in [-0.15, -0.1) is 0 Å². The summed E-state index contributed by atoms with van der Waals surface area (Å²) < 4.78 is 1.40. The normalized spacial score (nSPS) is 14.6. The second-order valence-electron chi connectivity index (χ2n) is 7.00. The maximum Gasteiger partial charge on any atom is 0.274 e. The Morgan fingerprint density at radius 2 is 1.74 bits per heavy atom. The maximum absolute atomic E-state index is 12.8. The topological polar surface area (TPSA) is 80.2 Å². The zero-order valence-electron chi connectivity index (χ0n) is 15.5. The third-order valence-corrected chi connectivity index (χ3v) is 4.95. The molecule has 142 valence electrons. The van der Waals surface area contributed by atoms with Crippen molar-refractivity contribution >= 4 is 17.5 Å². The van der Waals surface area contributed by atoms with Gasteiger partial charge in [-0.05, 0) is 44.0 Å². The number of anilines is 1. The summed E-state index contributed by atoms with van der Waals surface area (Å²) in [6, 6.07) is 12.2. The van der Waals surface area contributed by atoms with Crippen molar-refractivity contribution in [3.8, 4) is 0 Å². The molecule has 0 spiro atoms. The van der Waals surface area contributed by atoms with E-state index in [1.165, 1.54) is 11.0 Å². The van der Waals surface area contributed by atoms with Crippen molar-refractivity contribution in [2.75, 3.05) is 5.32 Å². The quantitative estimate of drug-likeness (QED) is 0.853. The van der Waals surface area contributed by atoms with Gasteiger partial charge in [0.05, 0.1) is 0 Å². The molecule has 2 N–H and O–H groups in total. The third kappa shape index (κ3) is 4.84. The van der Waals surface area contributed by atoms with Crippen LogP contribution in [0.3, 0.4) is 0 Å². The van der Waals surface area contributed by atoms with Gasteiger partial charge in [0.25, 0.3) is 11.5 Å². The molecule has 2 amide bonds.